The summed E-state index contributed by atoms with van der Waals surface area (Å²) < 4.78 is 74.5. The van der Waals surface area contributed by atoms with E-state index in [0.717, 1.165) is 24.3 Å². The average molecular weight is 348 g/mol. The highest BCUT2D eigenvalue weighted by molar-refractivity contribution is 5.25. The molecule has 2 aromatic carbocycles. The van der Waals surface area contributed by atoms with E-state index in [1.807, 2.05) is 0 Å². The van der Waals surface area contributed by atoms with Gasteiger partial charge in [0.1, 0.15) is 0 Å². The number of halogens is 6. The number of hydrogen-bond donors (Lipinski definition) is 2. The quantitative estimate of drug-likeness (QED) is 0.472. The molecule has 0 aliphatic rings. The molecule has 0 saturated carbocycles. The van der Waals surface area contributed by atoms with Crippen molar-refractivity contribution in [2.75, 3.05) is 0 Å². The van der Waals surface area contributed by atoms with Crippen LogP contribution >= 0.6 is 0 Å². The maximum absolute atomic E-state index is 12.4. The summed E-state index contributed by atoms with van der Waals surface area (Å²) in [5, 5.41) is 0. The zero-order valence-corrected chi connectivity index (χ0v) is 12.3. The zero-order valence-electron chi connectivity index (χ0n) is 12.3. The first kappa shape index (κ1) is 18.3. The van der Waals surface area contributed by atoms with Crippen molar-refractivity contribution in [1.82, 2.24) is 10.9 Å². The fourth-order valence-electron chi connectivity index (χ4n) is 1.95. The molecule has 2 N–H and O–H groups in total. The van der Waals surface area contributed by atoms with Crippen LogP contribution in [-0.2, 0) is 25.4 Å². The van der Waals surface area contributed by atoms with Crippen LogP contribution in [0.15, 0.2) is 48.5 Å². The van der Waals surface area contributed by atoms with Crippen molar-refractivity contribution < 1.29 is 26.3 Å². The molecule has 2 nitrogen and oxygen atoms in total. The van der Waals surface area contributed by atoms with E-state index in [2.05, 4.69) is 10.9 Å². The van der Waals surface area contributed by atoms with E-state index in [1.165, 1.54) is 24.3 Å². The Hall–Kier alpha value is -2.06. The number of hydrazine groups is 1. The van der Waals surface area contributed by atoms with E-state index in [1.54, 1.807) is 0 Å². The minimum atomic E-state index is -4.37. The van der Waals surface area contributed by atoms with Gasteiger partial charge in [-0.05, 0) is 35.4 Å². The van der Waals surface area contributed by atoms with E-state index >= 15 is 0 Å². The van der Waals surface area contributed by atoms with Crippen LogP contribution in [0.25, 0.3) is 0 Å². The summed E-state index contributed by atoms with van der Waals surface area (Å²) in [6.45, 7) is 0.553. The zero-order chi connectivity index (χ0) is 17.8. The molecule has 0 aliphatic heterocycles. The minimum absolute atomic E-state index is 0.277. The van der Waals surface area contributed by atoms with Gasteiger partial charge in [-0.3, -0.25) is 10.9 Å². The van der Waals surface area contributed by atoms with E-state index in [9.17, 15) is 26.3 Å². The molecule has 8 heteroatoms. The fourth-order valence-corrected chi connectivity index (χ4v) is 1.95. The van der Waals surface area contributed by atoms with Crippen LogP contribution in [0, 0.1) is 0 Å². The van der Waals surface area contributed by atoms with Gasteiger partial charge < -0.3 is 0 Å². The van der Waals surface area contributed by atoms with E-state index in [-0.39, 0.29) is 13.1 Å². The molecule has 0 bridgehead atoms. The first-order valence-corrected chi connectivity index (χ1v) is 6.94. The first-order chi connectivity index (χ1) is 11.2. The summed E-state index contributed by atoms with van der Waals surface area (Å²) in [6, 6.07) is 9.40. The normalized spacial score (nSPS) is 12.4. The van der Waals surface area contributed by atoms with Crippen LogP contribution in [0.2, 0.25) is 0 Å². The molecule has 0 amide bonds. The van der Waals surface area contributed by atoms with Crippen LogP contribution in [-0.4, -0.2) is 0 Å². The van der Waals surface area contributed by atoms with Crippen LogP contribution < -0.4 is 10.9 Å². The molecule has 2 aromatic rings. The van der Waals surface area contributed by atoms with Crippen LogP contribution in [0.4, 0.5) is 26.3 Å². The molecule has 0 spiro atoms. The number of rotatable bonds is 5. The van der Waals surface area contributed by atoms with Gasteiger partial charge in [-0.2, -0.15) is 26.3 Å². The smallest absolute Gasteiger partial charge is 0.253 e. The molecule has 0 unspecified atom stereocenters. The summed E-state index contributed by atoms with van der Waals surface area (Å²) in [7, 11) is 0. The number of benzene rings is 2. The first-order valence-electron chi connectivity index (χ1n) is 6.94. The monoisotopic (exact) mass is 348 g/mol. The third kappa shape index (κ3) is 5.24. The molecule has 0 aromatic heterocycles. The molecule has 0 saturated heterocycles. The van der Waals surface area contributed by atoms with Gasteiger partial charge in [0.25, 0.3) is 0 Å². The van der Waals surface area contributed by atoms with Gasteiger partial charge in [0.15, 0.2) is 0 Å². The van der Waals surface area contributed by atoms with Crippen molar-refractivity contribution in [3.05, 3.63) is 70.8 Å². The Morgan fingerprint density at radius 2 is 0.833 bits per heavy atom. The summed E-state index contributed by atoms with van der Waals surface area (Å²) in [5.74, 6) is 0. The second-order valence-corrected chi connectivity index (χ2v) is 5.10. The molecular weight excluding hydrogens is 334 g/mol. The lowest BCUT2D eigenvalue weighted by molar-refractivity contribution is -0.138. The number of hydrogen-bond acceptors (Lipinski definition) is 2. The molecule has 0 radical (unpaired) electrons. The van der Waals surface area contributed by atoms with Crippen LogP contribution in [0.1, 0.15) is 22.3 Å². The second-order valence-electron chi connectivity index (χ2n) is 5.10. The third-order valence-electron chi connectivity index (χ3n) is 3.27. The fraction of sp³-hybridized carbons (Fsp3) is 0.250. The second kappa shape index (κ2) is 7.23. The lowest BCUT2D eigenvalue weighted by Crippen LogP contribution is -2.30. The average Bonchev–Trinajstić information content (AvgIpc) is 2.51. The minimum Gasteiger partial charge on any atom is -0.253 e. The van der Waals surface area contributed by atoms with Crippen LogP contribution in [0.3, 0.4) is 0 Å². The molecule has 0 fully saturated rings. The molecule has 24 heavy (non-hydrogen) atoms. The van der Waals surface area contributed by atoms with Gasteiger partial charge >= 0.3 is 12.4 Å². The van der Waals surface area contributed by atoms with E-state index < -0.39 is 23.5 Å². The van der Waals surface area contributed by atoms with Gasteiger partial charge in [0, 0.05) is 13.1 Å². The largest absolute Gasteiger partial charge is 0.416 e. The van der Waals surface area contributed by atoms with Crippen molar-refractivity contribution in [2.24, 2.45) is 0 Å². The Labute approximate surface area is 134 Å². The summed E-state index contributed by atoms with van der Waals surface area (Å²) >= 11 is 0. The maximum atomic E-state index is 12.4. The topological polar surface area (TPSA) is 24.1 Å². The van der Waals surface area contributed by atoms with Gasteiger partial charge in [0.2, 0.25) is 0 Å². The molecule has 130 valence electrons. The molecule has 0 heterocycles. The van der Waals surface area contributed by atoms with Gasteiger partial charge in [-0.15, -0.1) is 0 Å². The Kier molecular flexibility index (Phi) is 5.51. The van der Waals surface area contributed by atoms with Gasteiger partial charge in [-0.1, -0.05) is 24.3 Å². The van der Waals surface area contributed by atoms with Crippen molar-refractivity contribution in [3.8, 4) is 0 Å². The highest BCUT2D eigenvalue weighted by Gasteiger charge is 2.30. The Balaban J connectivity index is 1.79. The number of alkyl halides is 6. The van der Waals surface area contributed by atoms with E-state index in [0.29, 0.717) is 11.1 Å². The third-order valence-corrected chi connectivity index (χ3v) is 3.27. The summed E-state index contributed by atoms with van der Waals surface area (Å²) in [6.07, 6.45) is -8.74. The predicted octanol–water partition coefficient (Wildman–Crippen LogP) is 4.52. The Morgan fingerprint density at radius 1 is 0.542 bits per heavy atom. The molecule has 2 rings (SSSR count). The predicted molar refractivity (Wildman–Crippen MR) is 76.6 cm³/mol. The Morgan fingerprint density at radius 3 is 1.08 bits per heavy atom. The lowest BCUT2D eigenvalue weighted by atomic mass is 10.1. The highest BCUT2D eigenvalue weighted by atomic mass is 19.4. The highest BCUT2D eigenvalue weighted by Crippen LogP contribution is 2.29. The SMILES string of the molecule is FC(F)(F)c1ccc(CNNCc2ccc(C(F)(F)F)cc2)cc1. The van der Waals surface area contributed by atoms with Crippen molar-refractivity contribution >= 4 is 0 Å². The lowest BCUT2D eigenvalue weighted by Gasteiger charge is -2.10. The van der Waals surface area contributed by atoms with Gasteiger partial charge in [0.05, 0.1) is 11.1 Å². The van der Waals surface area contributed by atoms with Crippen LogP contribution in [0.5, 0.6) is 0 Å². The molecule has 0 aliphatic carbocycles. The Bertz CT molecular complexity index is 585. The molecular formula is C16H14F6N2. The maximum Gasteiger partial charge on any atom is 0.416 e. The number of nitrogens with one attached hydrogen (secondary N) is 2. The summed E-state index contributed by atoms with van der Waals surface area (Å²) in [4.78, 5) is 0. The van der Waals surface area contributed by atoms with Crippen molar-refractivity contribution in [3.63, 3.8) is 0 Å². The van der Waals surface area contributed by atoms with Crippen molar-refractivity contribution in [2.45, 2.75) is 25.4 Å². The standard InChI is InChI=1S/C16H14F6N2/c17-15(18,19)13-5-1-11(2-6-13)9-23-24-10-12-3-7-14(8-4-12)16(20,21)22/h1-8,23-24H,9-10H2. The van der Waals surface area contributed by atoms with E-state index in [4.69, 9.17) is 0 Å². The van der Waals surface area contributed by atoms with Crippen molar-refractivity contribution in [1.29, 1.82) is 0 Å². The molecule has 0 atom stereocenters. The summed E-state index contributed by atoms with van der Waals surface area (Å²) in [5.41, 5.74) is 5.45. The van der Waals surface area contributed by atoms with Gasteiger partial charge in [-0.25, -0.2) is 0 Å².